The van der Waals surface area contributed by atoms with Gasteiger partial charge in [0.25, 0.3) is 0 Å². The largest absolute Gasteiger partial charge is 0.309 e. The van der Waals surface area contributed by atoms with E-state index in [9.17, 15) is 0 Å². The first-order valence-electron chi connectivity index (χ1n) is 15.0. The van der Waals surface area contributed by atoms with E-state index in [1.165, 1.54) is 44.1 Å². The summed E-state index contributed by atoms with van der Waals surface area (Å²) in [5.74, 6) is 0. The first-order valence-corrected chi connectivity index (χ1v) is 15.0. The Balaban J connectivity index is 1.35. The maximum atomic E-state index is 5.03. The van der Waals surface area contributed by atoms with E-state index in [1.54, 1.807) is 0 Å². The predicted octanol–water partition coefficient (Wildman–Crippen LogP) is 9.24. The van der Waals surface area contributed by atoms with Gasteiger partial charge in [0.15, 0.2) is 0 Å². The number of fused-ring (bicyclic) bond motifs is 6. The van der Waals surface area contributed by atoms with Crippen LogP contribution in [0.1, 0.15) is 28.1 Å². The van der Waals surface area contributed by atoms with E-state index >= 15 is 0 Å². The number of H-pyrrole nitrogens is 1. The van der Waals surface area contributed by atoms with E-state index in [4.69, 9.17) is 4.98 Å². The molecule has 44 heavy (non-hydrogen) atoms. The minimum absolute atomic E-state index is 0.555. The zero-order valence-electron chi connectivity index (χ0n) is 24.2. The van der Waals surface area contributed by atoms with Crippen molar-refractivity contribution in [3.63, 3.8) is 0 Å². The smallest absolute Gasteiger partial charge is 0.0924 e. The van der Waals surface area contributed by atoms with Crippen molar-refractivity contribution in [2.75, 3.05) is 0 Å². The molecule has 5 aromatic carbocycles. The Kier molecular flexibility index (Phi) is 5.29. The zero-order chi connectivity index (χ0) is 29.3. The summed E-state index contributed by atoms with van der Waals surface area (Å²) in [6, 6.07) is 50.4. The molecule has 3 heterocycles. The third kappa shape index (κ3) is 3.39. The number of para-hydroxylation sites is 1. The van der Waals surface area contributed by atoms with Crippen molar-refractivity contribution in [2.24, 2.45) is 0 Å². The Hall–Kier alpha value is -5.74. The molecule has 0 unspecified atom stereocenters. The zero-order valence-corrected chi connectivity index (χ0v) is 24.2. The van der Waals surface area contributed by atoms with Crippen LogP contribution in [0.5, 0.6) is 0 Å². The van der Waals surface area contributed by atoms with Gasteiger partial charge in [-0.25, -0.2) is 0 Å². The molecule has 8 aromatic rings. The van der Waals surface area contributed by atoms with Gasteiger partial charge in [0.1, 0.15) is 0 Å². The van der Waals surface area contributed by atoms with Crippen molar-refractivity contribution < 1.29 is 0 Å². The second-order valence-electron chi connectivity index (χ2n) is 11.6. The van der Waals surface area contributed by atoms with Gasteiger partial charge in [-0.1, -0.05) is 97.1 Å². The second-order valence-corrected chi connectivity index (χ2v) is 11.6. The summed E-state index contributed by atoms with van der Waals surface area (Å²) in [6.45, 7) is 2.04. The van der Waals surface area contributed by atoms with Crippen molar-refractivity contribution in [1.82, 2.24) is 19.7 Å². The van der Waals surface area contributed by atoms with Crippen molar-refractivity contribution >= 4 is 21.8 Å². The van der Waals surface area contributed by atoms with Crippen LogP contribution in [0, 0.1) is 6.92 Å². The highest BCUT2D eigenvalue weighted by Gasteiger charge is 2.47. The van der Waals surface area contributed by atoms with Gasteiger partial charge in [0, 0.05) is 33.9 Å². The average molecular weight is 565 g/mol. The highest BCUT2D eigenvalue weighted by Crippen LogP contribution is 2.55. The minimum atomic E-state index is -0.555. The topological polar surface area (TPSA) is 46.5 Å². The molecule has 0 bridgehead atoms. The van der Waals surface area contributed by atoms with Crippen LogP contribution < -0.4 is 0 Å². The van der Waals surface area contributed by atoms with Crippen LogP contribution in [0.25, 0.3) is 49.9 Å². The summed E-state index contributed by atoms with van der Waals surface area (Å²) < 4.78 is 2.40. The Bertz CT molecular complexity index is 2310. The molecule has 0 atom stereocenters. The summed E-state index contributed by atoms with van der Waals surface area (Å²) in [5.41, 5.74) is 13.2. The molecule has 0 saturated carbocycles. The monoisotopic (exact) mass is 564 g/mol. The fourth-order valence-electron chi connectivity index (χ4n) is 7.41. The number of aryl methyl sites for hydroxylation is 1. The summed E-state index contributed by atoms with van der Waals surface area (Å²) in [6.07, 6.45) is 1.91. The first kappa shape index (κ1) is 24.8. The molecule has 1 N–H and O–H groups in total. The molecule has 0 spiro atoms. The van der Waals surface area contributed by atoms with E-state index in [0.29, 0.717) is 0 Å². The van der Waals surface area contributed by atoms with Crippen LogP contribution >= 0.6 is 0 Å². The standard InChI is InChI=1S/C40H28N4/c1-26-23-36(43-42-26)27-20-21-33-32-15-4-7-18-37(32)44(38(33)24-27)29-12-10-11-28(25-29)40(39-19-8-9-22-41-39)34-16-5-2-13-30(34)31-14-3-6-17-35(31)40/h2-25H,1H3,(H,42,43). The van der Waals surface area contributed by atoms with Gasteiger partial charge in [0.2, 0.25) is 0 Å². The molecule has 4 heteroatoms. The van der Waals surface area contributed by atoms with Crippen molar-refractivity contribution in [1.29, 1.82) is 0 Å². The van der Waals surface area contributed by atoms with Crippen LogP contribution in [0.2, 0.25) is 0 Å². The third-order valence-corrected chi connectivity index (χ3v) is 9.21. The maximum absolute atomic E-state index is 5.03. The van der Waals surface area contributed by atoms with E-state index < -0.39 is 5.41 Å². The highest BCUT2D eigenvalue weighted by atomic mass is 15.1. The quantitative estimate of drug-likeness (QED) is 0.232. The van der Waals surface area contributed by atoms with Crippen LogP contribution in [0.3, 0.4) is 0 Å². The SMILES string of the molecule is Cc1cc(-c2ccc3c4ccccc4n(-c4cccc(C5(c6ccccn6)c6ccccc6-c6ccccc65)c4)c3c2)n[nH]1. The Morgan fingerprint density at radius 3 is 2.09 bits per heavy atom. The highest BCUT2D eigenvalue weighted by molar-refractivity contribution is 6.10. The third-order valence-electron chi connectivity index (χ3n) is 9.21. The second kappa shape index (κ2) is 9.38. The number of benzene rings is 5. The lowest BCUT2D eigenvalue weighted by atomic mass is 9.69. The van der Waals surface area contributed by atoms with Crippen LogP contribution in [0.15, 0.2) is 146 Å². The lowest BCUT2D eigenvalue weighted by Crippen LogP contribution is -2.29. The summed E-state index contributed by atoms with van der Waals surface area (Å²) in [5, 5.41) is 10.1. The molecule has 0 amide bonds. The van der Waals surface area contributed by atoms with E-state index in [0.717, 1.165) is 33.8 Å². The van der Waals surface area contributed by atoms with Crippen molar-refractivity contribution in [3.05, 3.63) is 174 Å². The van der Waals surface area contributed by atoms with Crippen LogP contribution in [-0.2, 0) is 5.41 Å². The summed E-state index contributed by atoms with van der Waals surface area (Å²) in [4.78, 5) is 5.03. The number of rotatable bonds is 4. The fraction of sp³-hybridized carbons (Fsp3) is 0.0500. The molecule has 1 aliphatic rings. The first-order chi connectivity index (χ1) is 21.7. The molecule has 4 nitrogen and oxygen atoms in total. The lowest BCUT2D eigenvalue weighted by molar-refractivity contribution is 0.734. The number of hydrogen-bond donors (Lipinski definition) is 1. The maximum Gasteiger partial charge on any atom is 0.0924 e. The molecular formula is C40H28N4. The number of pyridine rings is 1. The summed E-state index contributed by atoms with van der Waals surface area (Å²) in [7, 11) is 0. The predicted molar refractivity (Wildman–Crippen MR) is 178 cm³/mol. The van der Waals surface area contributed by atoms with E-state index in [-0.39, 0.29) is 0 Å². The lowest BCUT2D eigenvalue weighted by Gasteiger charge is -2.33. The van der Waals surface area contributed by atoms with Gasteiger partial charge in [0.05, 0.1) is 27.8 Å². The number of nitrogens with one attached hydrogen (secondary N) is 1. The molecule has 0 radical (unpaired) electrons. The molecule has 1 aliphatic carbocycles. The van der Waals surface area contributed by atoms with E-state index in [1.807, 2.05) is 19.2 Å². The van der Waals surface area contributed by atoms with Gasteiger partial charge >= 0.3 is 0 Å². The van der Waals surface area contributed by atoms with Gasteiger partial charge in [-0.15, -0.1) is 0 Å². The fourth-order valence-corrected chi connectivity index (χ4v) is 7.41. The Morgan fingerprint density at radius 1 is 0.614 bits per heavy atom. The molecular weight excluding hydrogens is 536 g/mol. The summed E-state index contributed by atoms with van der Waals surface area (Å²) >= 11 is 0. The molecule has 0 saturated heterocycles. The van der Waals surface area contributed by atoms with Gasteiger partial charge in [-0.3, -0.25) is 10.1 Å². The van der Waals surface area contributed by atoms with Crippen LogP contribution in [-0.4, -0.2) is 19.7 Å². The van der Waals surface area contributed by atoms with Gasteiger partial charge < -0.3 is 4.57 Å². The number of hydrogen-bond acceptors (Lipinski definition) is 2. The Labute approximate surface area is 255 Å². The van der Waals surface area contributed by atoms with Crippen molar-refractivity contribution in [2.45, 2.75) is 12.3 Å². The molecule has 208 valence electrons. The number of aromatic amines is 1. The molecule has 0 aliphatic heterocycles. The van der Waals surface area contributed by atoms with Gasteiger partial charge in [-0.2, -0.15) is 5.10 Å². The van der Waals surface area contributed by atoms with Crippen LogP contribution in [0.4, 0.5) is 0 Å². The van der Waals surface area contributed by atoms with E-state index in [2.05, 4.69) is 148 Å². The Morgan fingerprint density at radius 2 is 1.34 bits per heavy atom. The van der Waals surface area contributed by atoms with Gasteiger partial charge in [-0.05, 0) is 77.2 Å². The molecule has 9 rings (SSSR count). The number of aromatic nitrogens is 4. The molecule has 3 aromatic heterocycles. The molecule has 0 fully saturated rings. The minimum Gasteiger partial charge on any atom is -0.309 e. The van der Waals surface area contributed by atoms with Crippen molar-refractivity contribution in [3.8, 4) is 28.1 Å². The normalized spacial score (nSPS) is 13.3. The number of nitrogens with zero attached hydrogens (tertiary/aromatic N) is 3. The average Bonchev–Trinajstić information content (AvgIpc) is 3.76.